The highest BCUT2D eigenvalue weighted by molar-refractivity contribution is 4.96. The second kappa shape index (κ2) is 5.50. The van der Waals surface area contributed by atoms with Gasteiger partial charge in [-0.05, 0) is 30.7 Å². The third-order valence-corrected chi connectivity index (χ3v) is 4.11. The Morgan fingerprint density at radius 3 is 2.50 bits per heavy atom. The normalized spacial score (nSPS) is 30.0. The van der Waals surface area contributed by atoms with Gasteiger partial charge in [0.2, 0.25) is 0 Å². The molecule has 0 heterocycles. The van der Waals surface area contributed by atoms with Crippen LogP contribution < -0.4 is 5.73 Å². The zero-order valence-corrected chi connectivity index (χ0v) is 11.8. The molecule has 0 aromatic carbocycles. The van der Waals surface area contributed by atoms with Crippen LogP contribution >= 0.6 is 0 Å². The average Bonchev–Trinajstić information content (AvgIpc) is 2.19. The van der Waals surface area contributed by atoms with E-state index in [1.807, 2.05) is 0 Å². The Labute approximate surface area is 102 Å². The third kappa shape index (κ3) is 3.21. The molecule has 0 aliphatic heterocycles. The molecule has 1 aliphatic rings. The summed E-state index contributed by atoms with van der Waals surface area (Å²) in [4.78, 5) is 2.59. The molecule has 0 aromatic rings. The molecule has 2 heteroatoms. The molecule has 2 N–H and O–H groups in total. The minimum atomic E-state index is 0.313. The molecule has 2 unspecified atom stereocenters. The van der Waals surface area contributed by atoms with Gasteiger partial charge in [0.05, 0.1) is 0 Å². The van der Waals surface area contributed by atoms with Crippen molar-refractivity contribution in [1.29, 1.82) is 0 Å². The Balaban J connectivity index is 2.69. The Morgan fingerprint density at radius 2 is 2.00 bits per heavy atom. The minimum Gasteiger partial charge on any atom is -0.326 e. The van der Waals surface area contributed by atoms with Gasteiger partial charge >= 0.3 is 0 Å². The largest absolute Gasteiger partial charge is 0.326 e. The van der Waals surface area contributed by atoms with Crippen molar-refractivity contribution in [2.75, 3.05) is 13.1 Å². The molecule has 2 nitrogen and oxygen atoms in total. The molecule has 2 atom stereocenters. The predicted octanol–water partition coefficient (Wildman–Crippen LogP) is 2.87. The summed E-state index contributed by atoms with van der Waals surface area (Å²) in [6, 6.07) is 0.927. The molecule has 16 heavy (non-hydrogen) atoms. The fourth-order valence-corrected chi connectivity index (χ4v) is 3.01. The van der Waals surface area contributed by atoms with E-state index in [0.717, 1.165) is 12.5 Å². The number of rotatable bonds is 4. The SMILES string of the molecule is CCN(CC(C)C)C1CCCC(C)(C)C1N. The maximum Gasteiger partial charge on any atom is 0.0252 e. The molecule has 0 saturated heterocycles. The van der Waals surface area contributed by atoms with E-state index in [4.69, 9.17) is 5.73 Å². The van der Waals surface area contributed by atoms with Crippen LogP contribution in [0.5, 0.6) is 0 Å². The lowest BCUT2D eigenvalue weighted by Crippen LogP contribution is -2.57. The summed E-state index contributed by atoms with van der Waals surface area (Å²) in [5.41, 5.74) is 6.78. The van der Waals surface area contributed by atoms with Gasteiger partial charge in [0.1, 0.15) is 0 Å². The summed E-state index contributed by atoms with van der Waals surface area (Å²) in [6.45, 7) is 13.8. The van der Waals surface area contributed by atoms with E-state index >= 15 is 0 Å². The molecule has 1 rings (SSSR count). The van der Waals surface area contributed by atoms with Crippen molar-refractivity contribution in [1.82, 2.24) is 4.90 Å². The van der Waals surface area contributed by atoms with Crippen LogP contribution in [0.1, 0.15) is 53.9 Å². The van der Waals surface area contributed by atoms with Crippen LogP contribution in [-0.2, 0) is 0 Å². The smallest absolute Gasteiger partial charge is 0.0252 e. The van der Waals surface area contributed by atoms with E-state index in [1.54, 1.807) is 0 Å². The number of hydrogen-bond acceptors (Lipinski definition) is 2. The lowest BCUT2D eigenvalue weighted by atomic mass is 9.70. The molecule has 0 amide bonds. The van der Waals surface area contributed by atoms with E-state index in [9.17, 15) is 0 Å². The summed E-state index contributed by atoms with van der Waals surface area (Å²) < 4.78 is 0. The molecule has 1 aliphatic carbocycles. The van der Waals surface area contributed by atoms with Gasteiger partial charge in [-0.1, -0.05) is 41.0 Å². The Bertz CT molecular complexity index is 211. The minimum absolute atomic E-state index is 0.313. The third-order valence-electron chi connectivity index (χ3n) is 4.11. The van der Waals surface area contributed by atoms with Crippen molar-refractivity contribution < 1.29 is 0 Å². The summed E-state index contributed by atoms with van der Waals surface area (Å²) >= 11 is 0. The van der Waals surface area contributed by atoms with Gasteiger partial charge in [-0.2, -0.15) is 0 Å². The summed E-state index contributed by atoms with van der Waals surface area (Å²) in [5, 5.41) is 0. The molecule has 0 spiro atoms. The molecule has 96 valence electrons. The quantitative estimate of drug-likeness (QED) is 0.798. The standard InChI is InChI=1S/C14H30N2/c1-6-16(10-11(2)3)12-8-7-9-14(4,5)13(12)15/h11-13H,6-10,15H2,1-5H3. The molecular formula is C14H30N2. The lowest BCUT2D eigenvalue weighted by Gasteiger charge is -2.46. The van der Waals surface area contributed by atoms with Crippen molar-refractivity contribution in [3.8, 4) is 0 Å². The Morgan fingerprint density at radius 1 is 1.38 bits per heavy atom. The lowest BCUT2D eigenvalue weighted by molar-refractivity contribution is 0.0638. The second-order valence-corrected chi connectivity index (χ2v) is 6.46. The van der Waals surface area contributed by atoms with Crippen LogP contribution in [0.2, 0.25) is 0 Å². The monoisotopic (exact) mass is 226 g/mol. The van der Waals surface area contributed by atoms with Crippen molar-refractivity contribution in [2.45, 2.75) is 66.0 Å². The van der Waals surface area contributed by atoms with Crippen LogP contribution in [-0.4, -0.2) is 30.1 Å². The first-order chi connectivity index (χ1) is 7.38. The van der Waals surface area contributed by atoms with Crippen LogP contribution in [0.25, 0.3) is 0 Å². The number of hydrogen-bond donors (Lipinski definition) is 1. The van der Waals surface area contributed by atoms with Gasteiger partial charge in [0.25, 0.3) is 0 Å². The average molecular weight is 226 g/mol. The van der Waals surface area contributed by atoms with Crippen molar-refractivity contribution >= 4 is 0 Å². The molecule has 1 saturated carbocycles. The zero-order valence-electron chi connectivity index (χ0n) is 11.8. The highest BCUT2D eigenvalue weighted by Gasteiger charge is 2.38. The van der Waals surface area contributed by atoms with Crippen LogP contribution in [0.3, 0.4) is 0 Å². The molecule has 0 bridgehead atoms. The van der Waals surface area contributed by atoms with E-state index in [2.05, 4.69) is 39.5 Å². The highest BCUT2D eigenvalue weighted by Crippen LogP contribution is 2.36. The maximum atomic E-state index is 6.47. The summed E-state index contributed by atoms with van der Waals surface area (Å²) in [7, 11) is 0. The number of nitrogens with zero attached hydrogens (tertiary/aromatic N) is 1. The molecule has 0 aromatic heterocycles. The van der Waals surface area contributed by atoms with Crippen molar-refractivity contribution in [3.05, 3.63) is 0 Å². The zero-order chi connectivity index (χ0) is 12.3. The van der Waals surface area contributed by atoms with Gasteiger partial charge in [-0.25, -0.2) is 0 Å². The molecular weight excluding hydrogens is 196 g/mol. The van der Waals surface area contributed by atoms with Crippen molar-refractivity contribution in [3.63, 3.8) is 0 Å². The van der Waals surface area contributed by atoms with Gasteiger partial charge in [-0.3, -0.25) is 4.90 Å². The van der Waals surface area contributed by atoms with Gasteiger partial charge in [0.15, 0.2) is 0 Å². The number of nitrogens with two attached hydrogens (primary N) is 1. The first-order valence-electron chi connectivity index (χ1n) is 6.88. The van der Waals surface area contributed by atoms with E-state index in [-0.39, 0.29) is 0 Å². The fraction of sp³-hybridized carbons (Fsp3) is 1.00. The summed E-state index contributed by atoms with van der Waals surface area (Å²) in [6.07, 6.45) is 3.90. The van der Waals surface area contributed by atoms with Crippen LogP contribution in [0.15, 0.2) is 0 Å². The molecule has 0 radical (unpaired) electrons. The number of likely N-dealkylation sites (N-methyl/N-ethyl adjacent to an activating group) is 1. The Hall–Kier alpha value is -0.0800. The first-order valence-corrected chi connectivity index (χ1v) is 6.88. The van der Waals surface area contributed by atoms with Crippen LogP contribution in [0.4, 0.5) is 0 Å². The topological polar surface area (TPSA) is 29.3 Å². The second-order valence-electron chi connectivity index (χ2n) is 6.46. The first kappa shape index (κ1) is 14.0. The van der Waals surface area contributed by atoms with E-state index in [1.165, 1.54) is 25.8 Å². The fourth-order valence-electron chi connectivity index (χ4n) is 3.01. The van der Waals surface area contributed by atoms with Gasteiger partial charge in [0, 0.05) is 18.6 Å². The van der Waals surface area contributed by atoms with E-state index in [0.29, 0.717) is 17.5 Å². The molecule has 1 fully saturated rings. The Kier molecular flexibility index (Phi) is 4.81. The van der Waals surface area contributed by atoms with E-state index < -0.39 is 0 Å². The van der Waals surface area contributed by atoms with Gasteiger partial charge in [-0.15, -0.1) is 0 Å². The highest BCUT2D eigenvalue weighted by atomic mass is 15.2. The summed E-state index contributed by atoms with van der Waals surface area (Å²) in [5.74, 6) is 0.734. The van der Waals surface area contributed by atoms with Crippen LogP contribution in [0, 0.1) is 11.3 Å². The maximum absolute atomic E-state index is 6.47. The van der Waals surface area contributed by atoms with Crippen molar-refractivity contribution in [2.24, 2.45) is 17.1 Å². The predicted molar refractivity (Wildman–Crippen MR) is 71.5 cm³/mol. The van der Waals surface area contributed by atoms with Gasteiger partial charge < -0.3 is 5.73 Å².